The van der Waals surface area contributed by atoms with E-state index in [4.69, 9.17) is 0 Å². The van der Waals surface area contributed by atoms with E-state index in [2.05, 4.69) is 5.32 Å². The molecule has 1 unspecified atom stereocenters. The summed E-state index contributed by atoms with van der Waals surface area (Å²) in [5.74, 6) is -2.64. The lowest BCUT2D eigenvalue weighted by atomic mass is 9.97. The molecule has 1 N–H and O–H groups in total. The maximum atomic E-state index is 12.3. The predicted molar refractivity (Wildman–Crippen MR) is 63.3 cm³/mol. The Kier molecular flexibility index (Phi) is 5.62. The van der Waals surface area contributed by atoms with Crippen LogP contribution < -0.4 is 5.32 Å². The van der Waals surface area contributed by atoms with Gasteiger partial charge in [0.2, 0.25) is 5.91 Å². The first kappa shape index (κ1) is 15.8. The van der Waals surface area contributed by atoms with Crippen LogP contribution >= 0.6 is 0 Å². The van der Waals surface area contributed by atoms with Crippen molar-refractivity contribution in [2.75, 3.05) is 19.6 Å². The average molecular weight is 280 g/mol. The lowest BCUT2D eigenvalue weighted by molar-refractivity contribution is -0.187. The Morgan fingerprint density at radius 2 is 2.05 bits per heavy atom. The Hall–Kier alpha value is -1.27. The molecule has 1 rings (SSSR count). The molecule has 0 aromatic heterocycles. The maximum absolute atomic E-state index is 12.3. The molecule has 0 radical (unpaired) electrons. The number of halogens is 3. The minimum atomic E-state index is -4.86. The molecule has 0 aromatic rings. The van der Waals surface area contributed by atoms with Crippen molar-refractivity contribution in [3.63, 3.8) is 0 Å². The molecule has 2 amide bonds. The van der Waals surface area contributed by atoms with Crippen molar-refractivity contribution in [2.45, 2.75) is 38.8 Å². The van der Waals surface area contributed by atoms with Crippen LogP contribution in [0.3, 0.4) is 0 Å². The highest BCUT2D eigenvalue weighted by Crippen LogP contribution is 2.23. The highest BCUT2D eigenvalue weighted by atomic mass is 19.4. The molecule has 0 saturated carbocycles. The van der Waals surface area contributed by atoms with Crippen LogP contribution in [0.1, 0.15) is 32.6 Å². The van der Waals surface area contributed by atoms with Crippen molar-refractivity contribution in [1.29, 1.82) is 0 Å². The van der Waals surface area contributed by atoms with E-state index < -0.39 is 18.0 Å². The Balaban J connectivity index is 2.50. The minimum absolute atomic E-state index is 0.0666. The number of rotatable bonds is 4. The minimum Gasteiger partial charge on any atom is -0.356 e. The Bertz CT molecular complexity index is 331. The number of hydrogen-bond acceptors (Lipinski definition) is 2. The zero-order valence-corrected chi connectivity index (χ0v) is 10.9. The first-order valence-electron chi connectivity index (χ1n) is 6.50. The molecule has 0 aromatic carbocycles. The number of unbranched alkanes of at least 4 members (excludes halogenated alkanes) is 1. The van der Waals surface area contributed by atoms with E-state index in [1.165, 1.54) is 0 Å². The number of nitrogens with zero attached hydrogens (tertiary/aromatic N) is 1. The molecule has 4 nitrogen and oxygen atoms in total. The van der Waals surface area contributed by atoms with Crippen molar-refractivity contribution in [1.82, 2.24) is 10.2 Å². The number of nitrogens with one attached hydrogen (secondary N) is 1. The lowest BCUT2D eigenvalue weighted by Crippen LogP contribution is -2.49. The lowest BCUT2D eigenvalue weighted by Gasteiger charge is -2.32. The summed E-state index contributed by atoms with van der Waals surface area (Å²) in [6, 6.07) is 0. The SMILES string of the molecule is CCCCNC(=O)C1CCCN(C(=O)C(F)(F)F)C1. The third kappa shape index (κ3) is 4.72. The molecule has 1 fully saturated rings. The molecule has 1 saturated heterocycles. The number of likely N-dealkylation sites (tertiary alicyclic amines) is 1. The number of piperidine rings is 1. The average Bonchev–Trinajstić information content (AvgIpc) is 2.37. The molecule has 1 atom stereocenters. The van der Waals surface area contributed by atoms with Gasteiger partial charge in [0.05, 0.1) is 5.92 Å². The second-order valence-electron chi connectivity index (χ2n) is 4.73. The topological polar surface area (TPSA) is 49.4 Å². The van der Waals surface area contributed by atoms with Gasteiger partial charge in [0.25, 0.3) is 0 Å². The van der Waals surface area contributed by atoms with Crippen molar-refractivity contribution in [3.8, 4) is 0 Å². The molecule has 0 spiro atoms. The predicted octanol–water partition coefficient (Wildman–Crippen LogP) is 1.70. The van der Waals surface area contributed by atoms with Gasteiger partial charge in [-0.15, -0.1) is 0 Å². The summed E-state index contributed by atoms with van der Waals surface area (Å²) in [6.45, 7) is 2.43. The van der Waals surface area contributed by atoms with E-state index in [0.717, 1.165) is 17.7 Å². The highest BCUT2D eigenvalue weighted by molar-refractivity contribution is 5.84. The van der Waals surface area contributed by atoms with Gasteiger partial charge in [-0.1, -0.05) is 13.3 Å². The monoisotopic (exact) mass is 280 g/mol. The third-order valence-electron chi connectivity index (χ3n) is 3.15. The van der Waals surface area contributed by atoms with Crippen LogP contribution in [0.2, 0.25) is 0 Å². The largest absolute Gasteiger partial charge is 0.471 e. The van der Waals surface area contributed by atoms with Crippen molar-refractivity contribution in [3.05, 3.63) is 0 Å². The fraction of sp³-hybridized carbons (Fsp3) is 0.833. The molecule has 0 aliphatic carbocycles. The second-order valence-corrected chi connectivity index (χ2v) is 4.73. The zero-order chi connectivity index (χ0) is 14.5. The quantitative estimate of drug-likeness (QED) is 0.797. The fourth-order valence-electron chi connectivity index (χ4n) is 2.09. The van der Waals surface area contributed by atoms with Gasteiger partial charge >= 0.3 is 12.1 Å². The third-order valence-corrected chi connectivity index (χ3v) is 3.15. The van der Waals surface area contributed by atoms with E-state index in [9.17, 15) is 22.8 Å². The summed E-state index contributed by atoms with van der Waals surface area (Å²) in [6.07, 6.45) is -2.14. The normalized spacial score (nSPS) is 20.2. The van der Waals surface area contributed by atoms with Gasteiger partial charge < -0.3 is 10.2 Å². The molecule has 1 heterocycles. The molecule has 7 heteroatoms. The van der Waals surface area contributed by atoms with E-state index in [0.29, 0.717) is 19.4 Å². The van der Waals surface area contributed by atoms with E-state index in [1.807, 2.05) is 6.92 Å². The summed E-state index contributed by atoms with van der Waals surface area (Å²) >= 11 is 0. The van der Waals surface area contributed by atoms with Crippen LogP contribution in [0.15, 0.2) is 0 Å². The summed E-state index contributed by atoms with van der Waals surface area (Å²) < 4.78 is 37.0. The molecule has 1 aliphatic heterocycles. The molecule has 1 aliphatic rings. The first-order chi connectivity index (χ1) is 8.86. The number of hydrogen-bond donors (Lipinski definition) is 1. The van der Waals surface area contributed by atoms with Crippen LogP contribution in [0.4, 0.5) is 13.2 Å². The van der Waals surface area contributed by atoms with E-state index in [1.54, 1.807) is 0 Å². The zero-order valence-electron chi connectivity index (χ0n) is 10.9. The summed E-state index contributed by atoms with van der Waals surface area (Å²) in [4.78, 5) is 23.6. The van der Waals surface area contributed by atoms with E-state index >= 15 is 0 Å². The highest BCUT2D eigenvalue weighted by Gasteiger charge is 2.44. The van der Waals surface area contributed by atoms with Crippen molar-refractivity contribution < 1.29 is 22.8 Å². The van der Waals surface area contributed by atoms with Gasteiger partial charge in [-0.3, -0.25) is 9.59 Å². The van der Waals surface area contributed by atoms with Crippen LogP contribution in [-0.4, -0.2) is 42.5 Å². The fourth-order valence-corrected chi connectivity index (χ4v) is 2.09. The maximum Gasteiger partial charge on any atom is 0.471 e. The Morgan fingerprint density at radius 3 is 2.63 bits per heavy atom. The van der Waals surface area contributed by atoms with Crippen molar-refractivity contribution >= 4 is 11.8 Å². The smallest absolute Gasteiger partial charge is 0.356 e. The standard InChI is InChI=1S/C12H19F3N2O2/c1-2-3-6-16-10(18)9-5-4-7-17(8-9)11(19)12(13,14)15/h9H,2-8H2,1H3,(H,16,18). The van der Waals surface area contributed by atoms with Gasteiger partial charge in [-0.25, -0.2) is 0 Å². The molecule has 0 bridgehead atoms. The number of carbonyl (C=O) groups excluding carboxylic acids is 2. The van der Waals surface area contributed by atoms with Crippen molar-refractivity contribution in [2.24, 2.45) is 5.92 Å². The van der Waals surface area contributed by atoms with Gasteiger partial charge in [-0.05, 0) is 19.3 Å². The van der Waals surface area contributed by atoms with Gasteiger partial charge in [0.15, 0.2) is 0 Å². The molecular weight excluding hydrogens is 261 g/mol. The number of amides is 2. The van der Waals surface area contributed by atoms with Crippen LogP contribution in [0, 0.1) is 5.92 Å². The van der Waals surface area contributed by atoms with Gasteiger partial charge in [0, 0.05) is 19.6 Å². The summed E-state index contributed by atoms with van der Waals surface area (Å²) in [5, 5.41) is 2.69. The van der Waals surface area contributed by atoms with E-state index in [-0.39, 0.29) is 19.0 Å². The van der Waals surface area contributed by atoms with Crippen LogP contribution in [0.25, 0.3) is 0 Å². The number of carbonyl (C=O) groups is 2. The molecule has 110 valence electrons. The molecule has 19 heavy (non-hydrogen) atoms. The summed E-state index contributed by atoms with van der Waals surface area (Å²) in [7, 11) is 0. The van der Waals surface area contributed by atoms with Crippen LogP contribution in [-0.2, 0) is 9.59 Å². The number of alkyl halides is 3. The van der Waals surface area contributed by atoms with Gasteiger partial charge in [0.1, 0.15) is 0 Å². The Labute approximate surface area is 110 Å². The Morgan fingerprint density at radius 1 is 1.37 bits per heavy atom. The summed E-state index contributed by atoms with van der Waals surface area (Å²) in [5.41, 5.74) is 0. The van der Waals surface area contributed by atoms with Crippen LogP contribution in [0.5, 0.6) is 0 Å². The first-order valence-corrected chi connectivity index (χ1v) is 6.50. The molecular formula is C12H19F3N2O2. The van der Waals surface area contributed by atoms with Gasteiger partial charge in [-0.2, -0.15) is 13.2 Å². The second kappa shape index (κ2) is 6.77.